The Morgan fingerprint density at radius 2 is 1.21 bits per heavy atom. The molecule has 34 heavy (non-hydrogen) atoms. The molecule has 0 spiro atoms. The number of carbonyl (C=O) groups excluding carboxylic acids is 3. The second-order valence-electron chi connectivity index (χ2n) is 8.15. The van der Waals surface area contributed by atoms with Crippen LogP contribution in [0.25, 0.3) is 0 Å². The van der Waals surface area contributed by atoms with Crippen molar-refractivity contribution in [2.45, 2.75) is 26.0 Å². The summed E-state index contributed by atoms with van der Waals surface area (Å²) in [5.41, 5.74) is 0. The van der Waals surface area contributed by atoms with Gasteiger partial charge in [-0.2, -0.15) is 0 Å². The van der Waals surface area contributed by atoms with Gasteiger partial charge in [0.05, 0.1) is 39.0 Å². The van der Waals surface area contributed by atoms with Gasteiger partial charge in [-0.25, -0.2) is 0 Å². The van der Waals surface area contributed by atoms with Crippen LogP contribution < -0.4 is 0 Å². The molecule has 0 aromatic heterocycles. The third kappa shape index (κ3) is 12.0. The lowest BCUT2D eigenvalue weighted by atomic mass is 10.1. The van der Waals surface area contributed by atoms with Crippen molar-refractivity contribution in [2.24, 2.45) is 0 Å². The van der Waals surface area contributed by atoms with Crippen LogP contribution in [0.3, 0.4) is 0 Å². The quantitative estimate of drug-likeness (QED) is 0.212. The van der Waals surface area contributed by atoms with Gasteiger partial charge in [0.1, 0.15) is 13.5 Å². The zero-order valence-electron chi connectivity index (χ0n) is 20.4. The van der Waals surface area contributed by atoms with Gasteiger partial charge in [0.2, 0.25) is 0 Å². The highest BCUT2D eigenvalue weighted by atomic mass is 16.5. The predicted molar refractivity (Wildman–Crippen MR) is 120 cm³/mol. The summed E-state index contributed by atoms with van der Waals surface area (Å²) in [6, 6.07) is -0.705. The number of aliphatic hydroxyl groups excluding tert-OH is 3. The van der Waals surface area contributed by atoms with E-state index in [0.717, 1.165) is 0 Å². The average molecular weight is 493 g/mol. The topological polar surface area (TPSA) is 153 Å². The molecule has 1 aliphatic rings. The summed E-state index contributed by atoms with van der Waals surface area (Å²) in [5.74, 6) is -1.21. The average Bonchev–Trinajstić information content (AvgIpc) is 2.80. The van der Waals surface area contributed by atoms with E-state index in [1.165, 1.54) is 21.0 Å². The number of hydrogen-bond donors (Lipinski definition) is 3. The minimum absolute atomic E-state index is 0.0522. The van der Waals surface area contributed by atoms with Crippen molar-refractivity contribution < 1.29 is 43.9 Å². The Balaban J connectivity index is 3.06. The molecule has 0 bridgehead atoms. The normalized spacial score (nSPS) is 19.9. The second kappa shape index (κ2) is 16.7. The first-order chi connectivity index (χ1) is 16.2. The summed E-state index contributed by atoms with van der Waals surface area (Å²) in [6.07, 6.45) is -1.15. The molecule has 1 aliphatic heterocycles. The molecule has 2 unspecified atom stereocenters. The van der Waals surface area contributed by atoms with Crippen molar-refractivity contribution in [2.75, 3.05) is 92.7 Å². The fraction of sp³-hybridized carbons (Fsp3) is 0.857. The number of esters is 3. The van der Waals surface area contributed by atoms with E-state index < -0.39 is 36.7 Å². The fourth-order valence-corrected chi connectivity index (χ4v) is 3.51. The van der Waals surface area contributed by atoms with Gasteiger partial charge in [-0.1, -0.05) is 0 Å². The lowest BCUT2D eigenvalue weighted by molar-refractivity contribution is -0.148. The molecule has 1 rings (SSSR count). The Morgan fingerprint density at radius 3 is 1.62 bits per heavy atom. The highest BCUT2D eigenvalue weighted by molar-refractivity contribution is 5.71. The zero-order valence-corrected chi connectivity index (χ0v) is 20.4. The maximum atomic E-state index is 11.9. The van der Waals surface area contributed by atoms with Crippen LogP contribution in [0.5, 0.6) is 0 Å². The van der Waals surface area contributed by atoms with Gasteiger partial charge in [-0.3, -0.25) is 34.0 Å². The van der Waals surface area contributed by atoms with Crippen molar-refractivity contribution in [1.82, 2.24) is 19.6 Å². The maximum Gasteiger partial charge on any atom is 0.319 e. The summed E-state index contributed by atoms with van der Waals surface area (Å²) in [5, 5.41) is 29.5. The zero-order chi connectivity index (χ0) is 25.5. The van der Waals surface area contributed by atoms with E-state index in [1.54, 1.807) is 0 Å². The van der Waals surface area contributed by atoms with Crippen molar-refractivity contribution >= 4 is 17.9 Å². The van der Waals surface area contributed by atoms with Crippen LogP contribution in [-0.4, -0.2) is 158 Å². The largest absolute Gasteiger partial charge is 0.468 e. The number of carbonyl (C=O) groups is 3. The summed E-state index contributed by atoms with van der Waals surface area (Å²) in [4.78, 5) is 42.1. The fourth-order valence-electron chi connectivity index (χ4n) is 3.51. The van der Waals surface area contributed by atoms with Gasteiger partial charge in [-0.15, -0.1) is 0 Å². The molecule has 1 saturated heterocycles. The minimum Gasteiger partial charge on any atom is -0.468 e. The molecule has 0 saturated carbocycles. The molecule has 0 aromatic carbocycles. The van der Waals surface area contributed by atoms with Gasteiger partial charge in [0.25, 0.3) is 0 Å². The number of hydrogen-bond acceptors (Lipinski definition) is 13. The smallest absolute Gasteiger partial charge is 0.319 e. The van der Waals surface area contributed by atoms with Crippen LogP contribution in [0.2, 0.25) is 0 Å². The predicted octanol–water partition coefficient (Wildman–Crippen LogP) is -2.86. The Morgan fingerprint density at radius 1 is 0.765 bits per heavy atom. The molecule has 3 N–H and O–H groups in total. The van der Waals surface area contributed by atoms with E-state index in [-0.39, 0.29) is 26.6 Å². The van der Waals surface area contributed by atoms with Crippen molar-refractivity contribution in [3.8, 4) is 0 Å². The molecule has 1 fully saturated rings. The molecular formula is C21H40N4O9. The first-order valence-corrected chi connectivity index (χ1v) is 11.3. The van der Waals surface area contributed by atoms with Gasteiger partial charge in [0, 0.05) is 66.2 Å². The van der Waals surface area contributed by atoms with Gasteiger partial charge < -0.3 is 29.5 Å². The summed E-state index contributed by atoms with van der Waals surface area (Å²) in [6.45, 7) is 5.62. The number of methoxy groups -OCH3 is 1. The lowest BCUT2D eigenvalue weighted by Gasteiger charge is -2.37. The number of nitrogens with zero attached hydrogens (tertiary/aromatic N) is 4. The Hall–Kier alpha value is -1.87. The van der Waals surface area contributed by atoms with Gasteiger partial charge >= 0.3 is 17.9 Å². The van der Waals surface area contributed by atoms with Crippen molar-refractivity contribution in [3.63, 3.8) is 0 Å². The minimum atomic E-state index is -1.15. The molecule has 0 amide bonds. The van der Waals surface area contributed by atoms with Gasteiger partial charge in [-0.05, 0) is 0 Å². The Bertz CT molecular complexity index is 625. The Labute approximate surface area is 200 Å². The Kier molecular flexibility index (Phi) is 14.8. The number of rotatable bonds is 10. The molecular weight excluding hydrogens is 452 g/mol. The van der Waals surface area contributed by atoms with E-state index in [2.05, 4.69) is 0 Å². The van der Waals surface area contributed by atoms with Crippen LogP contribution >= 0.6 is 0 Å². The van der Waals surface area contributed by atoms with Crippen LogP contribution in [0.15, 0.2) is 0 Å². The summed E-state index contributed by atoms with van der Waals surface area (Å²) >= 11 is 0. The number of aliphatic hydroxyl groups is 3. The summed E-state index contributed by atoms with van der Waals surface area (Å²) in [7, 11) is 1.31. The maximum absolute atomic E-state index is 11.9. The SMILES string of the molecule is COC(=O)CN1CCN(COC(C)=O)CCN(COC(C)=O)CCN(C(CO)C(O)CO)CC1. The summed E-state index contributed by atoms with van der Waals surface area (Å²) < 4.78 is 15.1. The molecule has 13 heteroatoms. The molecule has 0 aliphatic carbocycles. The van der Waals surface area contributed by atoms with E-state index in [1.807, 2.05) is 19.6 Å². The van der Waals surface area contributed by atoms with Crippen molar-refractivity contribution in [3.05, 3.63) is 0 Å². The molecule has 0 radical (unpaired) electrons. The highest BCUT2D eigenvalue weighted by Crippen LogP contribution is 2.08. The molecule has 1 heterocycles. The van der Waals surface area contributed by atoms with Crippen LogP contribution in [0.1, 0.15) is 13.8 Å². The molecule has 2 atom stereocenters. The van der Waals surface area contributed by atoms with E-state index >= 15 is 0 Å². The van der Waals surface area contributed by atoms with Crippen LogP contribution in [-0.2, 0) is 28.6 Å². The lowest BCUT2D eigenvalue weighted by Crippen LogP contribution is -2.54. The molecule has 13 nitrogen and oxygen atoms in total. The van der Waals surface area contributed by atoms with Crippen LogP contribution in [0.4, 0.5) is 0 Å². The third-order valence-corrected chi connectivity index (χ3v) is 5.64. The van der Waals surface area contributed by atoms with E-state index in [0.29, 0.717) is 52.4 Å². The first kappa shape index (κ1) is 30.2. The number of ether oxygens (including phenoxy) is 3. The molecule has 0 aromatic rings. The molecule has 198 valence electrons. The second-order valence-corrected chi connectivity index (χ2v) is 8.15. The standard InChI is InChI=1S/C21H40N4O9/c1-17(28)33-15-23-5-4-22(12-21(31)32-3)8-10-25(19(13-26)20(30)14-27)11-9-24(7-6-23)16-34-18(2)29/h19-20,26-27,30H,4-16H2,1-3H3. The van der Waals surface area contributed by atoms with E-state index in [4.69, 9.17) is 14.2 Å². The monoisotopic (exact) mass is 492 g/mol. The first-order valence-electron chi connectivity index (χ1n) is 11.3. The third-order valence-electron chi connectivity index (χ3n) is 5.64. The van der Waals surface area contributed by atoms with E-state index in [9.17, 15) is 29.7 Å². The van der Waals surface area contributed by atoms with Crippen molar-refractivity contribution in [1.29, 1.82) is 0 Å². The highest BCUT2D eigenvalue weighted by Gasteiger charge is 2.27. The van der Waals surface area contributed by atoms with Crippen LogP contribution in [0, 0.1) is 0 Å². The van der Waals surface area contributed by atoms with Gasteiger partial charge in [0.15, 0.2) is 0 Å².